The first-order valence-corrected chi connectivity index (χ1v) is 8.26. The average Bonchev–Trinajstić information content (AvgIpc) is 2.64. The number of carbonyl (C=O) groups is 1. The van der Waals surface area contributed by atoms with Crippen LogP contribution in [-0.4, -0.2) is 38.1 Å². The lowest BCUT2D eigenvalue weighted by atomic mass is 10.2. The monoisotopic (exact) mass is 330 g/mol. The lowest BCUT2D eigenvalue weighted by Gasteiger charge is -2.31. The second-order valence-corrected chi connectivity index (χ2v) is 6.11. The van der Waals surface area contributed by atoms with Gasteiger partial charge in [-0.05, 0) is 37.3 Å². The van der Waals surface area contributed by atoms with E-state index in [0.29, 0.717) is 5.69 Å². The fourth-order valence-electron chi connectivity index (χ4n) is 3.02. The van der Waals surface area contributed by atoms with E-state index in [1.807, 2.05) is 25.3 Å². The molecule has 126 valence electrons. The van der Waals surface area contributed by atoms with Crippen molar-refractivity contribution in [1.29, 1.82) is 0 Å². The molecule has 0 bridgehead atoms. The third-order valence-electron chi connectivity index (χ3n) is 4.56. The number of amides is 1. The Morgan fingerprint density at radius 2 is 1.92 bits per heavy atom. The molecule has 0 unspecified atom stereocenters. The van der Waals surface area contributed by atoms with Crippen molar-refractivity contribution in [1.82, 2.24) is 0 Å². The van der Waals surface area contributed by atoms with E-state index in [4.69, 9.17) is 0 Å². The number of benzene rings is 1. The zero-order valence-corrected chi connectivity index (χ0v) is 13.8. The van der Waals surface area contributed by atoms with Gasteiger partial charge < -0.3 is 10.2 Å². The summed E-state index contributed by atoms with van der Waals surface area (Å²) < 4.78 is 12.9. The molecule has 0 aliphatic carbocycles. The van der Waals surface area contributed by atoms with Gasteiger partial charge in [0.25, 0.3) is 11.7 Å². The van der Waals surface area contributed by atoms with Crippen molar-refractivity contribution in [3.8, 4) is 0 Å². The maximum atomic E-state index is 12.9. The number of aromatic nitrogens is 1. The van der Waals surface area contributed by atoms with Gasteiger partial charge in [0.15, 0.2) is 6.04 Å². The van der Waals surface area contributed by atoms with Crippen LogP contribution in [0, 0.1) is 5.82 Å². The Morgan fingerprint density at radius 3 is 2.54 bits per heavy atom. The van der Waals surface area contributed by atoms with Gasteiger partial charge in [0.05, 0.1) is 6.20 Å². The first kappa shape index (κ1) is 16.4. The number of H-pyrrole nitrogens is 1. The second kappa shape index (κ2) is 7.40. The quantitative estimate of drug-likeness (QED) is 0.851. The molecule has 24 heavy (non-hydrogen) atoms. The summed E-state index contributed by atoms with van der Waals surface area (Å²) in [7, 11) is 0. The zero-order valence-electron chi connectivity index (χ0n) is 13.8. The molecule has 1 aliphatic rings. The van der Waals surface area contributed by atoms with E-state index in [1.165, 1.54) is 17.0 Å². The van der Waals surface area contributed by atoms with Crippen molar-refractivity contribution in [2.75, 3.05) is 36.4 Å². The first-order chi connectivity index (χ1) is 11.6. The van der Waals surface area contributed by atoms with E-state index in [0.717, 1.165) is 32.0 Å². The van der Waals surface area contributed by atoms with Gasteiger partial charge in [0.2, 0.25) is 0 Å². The van der Waals surface area contributed by atoms with Gasteiger partial charge in [-0.2, -0.15) is 0 Å². The van der Waals surface area contributed by atoms with Crippen LogP contribution in [0.5, 0.6) is 0 Å². The number of carbonyl (C=O) groups excluding carboxylic acids is 1. The fraction of sp³-hybridized carbons (Fsp3) is 0.333. The Bertz CT molecular complexity index is 669. The van der Waals surface area contributed by atoms with Crippen molar-refractivity contribution in [2.45, 2.75) is 13.0 Å². The van der Waals surface area contributed by atoms with E-state index >= 15 is 0 Å². The number of nitrogens with zero attached hydrogens (tertiary/aromatic N) is 1. The third-order valence-corrected chi connectivity index (χ3v) is 4.56. The van der Waals surface area contributed by atoms with Gasteiger partial charge >= 0.3 is 0 Å². The molecular weight excluding hydrogens is 307 g/mol. The van der Waals surface area contributed by atoms with Crippen molar-refractivity contribution in [3.05, 3.63) is 54.5 Å². The minimum Gasteiger partial charge on any atom is -0.321 e. The van der Waals surface area contributed by atoms with Crippen molar-refractivity contribution in [2.24, 2.45) is 0 Å². The van der Waals surface area contributed by atoms with Crippen LogP contribution in [-0.2, 0) is 4.79 Å². The topological polar surface area (TPSA) is 50.9 Å². The normalized spacial score (nSPS) is 16.7. The van der Waals surface area contributed by atoms with Gasteiger partial charge in [-0.15, -0.1) is 0 Å². The molecule has 1 fully saturated rings. The van der Waals surface area contributed by atoms with Crippen molar-refractivity contribution >= 4 is 17.4 Å². The number of rotatable bonds is 4. The number of hydrogen-bond donors (Lipinski definition) is 2. The maximum absolute atomic E-state index is 12.9. The minimum atomic E-state index is -0.305. The molecule has 0 spiro atoms. The third kappa shape index (κ3) is 3.89. The van der Waals surface area contributed by atoms with Crippen LogP contribution in [0.2, 0.25) is 0 Å². The Hall–Kier alpha value is -2.47. The summed E-state index contributed by atoms with van der Waals surface area (Å²) in [5, 5.41) is 2.86. The number of quaternary nitrogens is 1. The predicted molar refractivity (Wildman–Crippen MR) is 90.4 cm³/mol. The molecule has 1 aromatic heterocycles. The summed E-state index contributed by atoms with van der Waals surface area (Å²) in [4.78, 5) is 19.2. The molecule has 3 N–H and O–H groups in total. The average molecular weight is 330 g/mol. The maximum Gasteiger partial charge on any atom is 0.282 e. The largest absolute Gasteiger partial charge is 0.321 e. The highest BCUT2D eigenvalue weighted by atomic mass is 19.1. The molecule has 0 saturated carbocycles. The van der Waals surface area contributed by atoms with Crippen LogP contribution in [0.15, 0.2) is 48.7 Å². The highest BCUT2D eigenvalue weighted by Crippen LogP contribution is 2.08. The standard InChI is InChI=1S/C18H21FN4O/c1-14(18(24)21-16-7-5-15(19)6-8-16)22-10-12-23(13-11-22)17-4-2-3-9-20-17/h2-9,14H,10-13H2,1H3,(H,21,24)/p+2/t14-/m0/s1. The summed E-state index contributed by atoms with van der Waals surface area (Å²) in [5.74, 6) is 0.775. The first-order valence-electron chi connectivity index (χ1n) is 8.26. The summed E-state index contributed by atoms with van der Waals surface area (Å²) in [6.07, 6.45) is 1.92. The number of aromatic amines is 1. The number of hydrogen-bond acceptors (Lipinski definition) is 2. The Kier molecular flexibility index (Phi) is 5.05. The van der Waals surface area contributed by atoms with Gasteiger partial charge in [0.1, 0.15) is 32.0 Å². The Morgan fingerprint density at radius 1 is 1.21 bits per heavy atom. The molecule has 3 rings (SSSR count). The van der Waals surface area contributed by atoms with Crippen molar-refractivity contribution in [3.63, 3.8) is 0 Å². The summed E-state index contributed by atoms with van der Waals surface area (Å²) >= 11 is 0. The van der Waals surface area contributed by atoms with Crippen LogP contribution in [0.4, 0.5) is 15.9 Å². The van der Waals surface area contributed by atoms with Crippen molar-refractivity contribution < 1.29 is 19.1 Å². The van der Waals surface area contributed by atoms with E-state index < -0.39 is 0 Å². The van der Waals surface area contributed by atoms with Gasteiger partial charge in [-0.25, -0.2) is 9.37 Å². The Labute approximate surface area is 141 Å². The number of piperazine rings is 1. The summed E-state index contributed by atoms with van der Waals surface area (Å²) in [5.41, 5.74) is 0.630. The molecule has 1 aromatic carbocycles. The summed E-state index contributed by atoms with van der Waals surface area (Å²) in [6, 6.07) is 11.8. The number of pyridine rings is 1. The molecule has 1 aliphatic heterocycles. The van der Waals surface area contributed by atoms with Crippen LogP contribution < -0.4 is 20.1 Å². The summed E-state index contributed by atoms with van der Waals surface area (Å²) in [6.45, 7) is 5.56. The molecule has 2 heterocycles. The van der Waals surface area contributed by atoms with Gasteiger partial charge in [-0.1, -0.05) is 6.07 Å². The SMILES string of the molecule is C[C@@H](C(=O)Nc1ccc(F)cc1)[NH+]1CCN(c2cccc[nH+]2)CC1. The van der Waals surface area contributed by atoms with E-state index in [9.17, 15) is 9.18 Å². The highest BCUT2D eigenvalue weighted by Gasteiger charge is 2.32. The minimum absolute atomic E-state index is 0.0312. The van der Waals surface area contributed by atoms with Gasteiger partial charge in [-0.3, -0.25) is 9.69 Å². The smallest absolute Gasteiger partial charge is 0.282 e. The molecule has 1 amide bonds. The molecule has 1 atom stereocenters. The second-order valence-electron chi connectivity index (χ2n) is 6.11. The van der Waals surface area contributed by atoms with E-state index in [-0.39, 0.29) is 17.8 Å². The molecule has 5 nitrogen and oxygen atoms in total. The lowest BCUT2D eigenvalue weighted by Crippen LogP contribution is -3.19. The van der Waals surface area contributed by atoms with Crippen LogP contribution >= 0.6 is 0 Å². The van der Waals surface area contributed by atoms with Crippen LogP contribution in [0.25, 0.3) is 0 Å². The number of halogens is 1. The molecule has 2 aromatic rings. The lowest BCUT2D eigenvalue weighted by molar-refractivity contribution is -0.914. The highest BCUT2D eigenvalue weighted by molar-refractivity contribution is 5.93. The van der Waals surface area contributed by atoms with Gasteiger partial charge in [0, 0.05) is 11.8 Å². The fourth-order valence-corrected chi connectivity index (χ4v) is 3.02. The van der Waals surface area contributed by atoms with Crippen LogP contribution in [0.3, 0.4) is 0 Å². The predicted octanol–water partition coefficient (Wildman–Crippen LogP) is 0.372. The van der Waals surface area contributed by atoms with E-state index in [2.05, 4.69) is 21.3 Å². The Balaban J connectivity index is 1.53. The molecule has 1 saturated heterocycles. The molecular formula is C18H23FN4O+2. The van der Waals surface area contributed by atoms with E-state index in [1.54, 1.807) is 12.1 Å². The zero-order chi connectivity index (χ0) is 16.9. The molecule has 0 radical (unpaired) electrons. The van der Waals surface area contributed by atoms with Crippen LogP contribution in [0.1, 0.15) is 6.92 Å². The molecule has 6 heteroatoms. The number of nitrogens with one attached hydrogen (secondary N) is 3. The number of anilines is 2.